The minimum Gasteiger partial charge on any atom is -0.326 e. The Morgan fingerprint density at radius 2 is 1.84 bits per heavy atom. The number of fused-ring (bicyclic) bond motifs is 1. The zero-order valence-electron chi connectivity index (χ0n) is 18.5. The number of hydrogen-bond donors (Lipinski definition) is 1. The van der Waals surface area contributed by atoms with Crippen molar-refractivity contribution < 1.29 is 9.59 Å². The zero-order chi connectivity index (χ0) is 22.8. The lowest BCUT2D eigenvalue weighted by molar-refractivity contribution is -0.116. The number of aromatic nitrogens is 2. The molecule has 0 saturated carbocycles. The second-order valence-corrected chi connectivity index (χ2v) is 8.23. The summed E-state index contributed by atoms with van der Waals surface area (Å²) < 4.78 is 1.18. The van der Waals surface area contributed by atoms with Gasteiger partial charge in [0.2, 0.25) is 5.91 Å². The van der Waals surface area contributed by atoms with Gasteiger partial charge in [-0.05, 0) is 68.1 Å². The van der Waals surface area contributed by atoms with Crippen LogP contribution in [0.1, 0.15) is 40.5 Å². The number of nitrogens with one attached hydrogen (secondary N) is 1. The van der Waals surface area contributed by atoms with Gasteiger partial charge in [-0.2, -0.15) is 5.10 Å². The monoisotopic (exact) mass is 430 g/mol. The van der Waals surface area contributed by atoms with E-state index in [1.165, 1.54) is 16.8 Å². The quantitative estimate of drug-likeness (QED) is 0.672. The van der Waals surface area contributed by atoms with E-state index < -0.39 is 0 Å². The van der Waals surface area contributed by atoms with Gasteiger partial charge in [-0.25, -0.2) is 4.68 Å². The van der Waals surface area contributed by atoms with Gasteiger partial charge in [-0.15, -0.1) is 0 Å². The Morgan fingerprint density at radius 1 is 1.06 bits per heavy atom. The molecule has 0 aliphatic carbocycles. The minimum absolute atomic E-state index is 0.00539. The SMILES string of the molecule is Cc1ccc(NC(=O)CCn2nc(C(=O)N3c4ccccc4CC3C)ccc2=O)cc1C. The Balaban J connectivity index is 1.47. The van der Waals surface area contributed by atoms with Crippen molar-refractivity contribution in [3.05, 3.63) is 87.3 Å². The number of benzene rings is 2. The van der Waals surface area contributed by atoms with Crippen molar-refractivity contribution in [3.8, 4) is 0 Å². The van der Waals surface area contributed by atoms with Crippen molar-refractivity contribution in [1.29, 1.82) is 0 Å². The molecule has 7 heteroatoms. The fraction of sp³-hybridized carbons (Fsp3) is 0.280. The zero-order valence-corrected chi connectivity index (χ0v) is 18.5. The molecule has 1 aliphatic heterocycles. The van der Waals surface area contributed by atoms with Crippen molar-refractivity contribution in [1.82, 2.24) is 9.78 Å². The van der Waals surface area contributed by atoms with Gasteiger partial charge in [-0.3, -0.25) is 14.4 Å². The molecule has 7 nitrogen and oxygen atoms in total. The average molecular weight is 431 g/mol. The molecule has 0 fully saturated rings. The molecule has 2 amide bonds. The summed E-state index contributed by atoms with van der Waals surface area (Å²) in [5.41, 5.74) is 4.77. The van der Waals surface area contributed by atoms with Crippen LogP contribution in [0.3, 0.4) is 0 Å². The predicted octanol–water partition coefficient (Wildman–Crippen LogP) is 3.48. The van der Waals surface area contributed by atoms with Crippen molar-refractivity contribution in [3.63, 3.8) is 0 Å². The van der Waals surface area contributed by atoms with Crippen molar-refractivity contribution in [2.45, 2.75) is 46.2 Å². The Kier molecular flexibility index (Phi) is 5.90. The number of hydrogen-bond acceptors (Lipinski definition) is 4. The van der Waals surface area contributed by atoms with E-state index in [4.69, 9.17) is 0 Å². The summed E-state index contributed by atoms with van der Waals surface area (Å²) in [6.45, 7) is 6.07. The molecule has 0 spiro atoms. The molecule has 0 bridgehead atoms. The van der Waals surface area contributed by atoms with Crippen LogP contribution in [-0.4, -0.2) is 27.6 Å². The number of rotatable bonds is 5. The summed E-state index contributed by atoms with van der Waals surface area (Å²) in [5, 5.41) is 7.10. The Hall–Kier alpha value is -3.74. The van der Waals surface area contributed by atoms with E-state index in [2.05, 4.69) is 10.4 Å². The van der Waals surface area contributed by atoms with Gasteiger partial charge in [0.25, 0.3) is 11.5 Å². The van der Waals surface area contributed by atoms with Gasteiger partial charge in [-0.1, -0.05) is 24.3 Å². The van der Waals surface area contributed by atoms with Crippen LogP contribution in [-0.2, 0) is 17.8 Å². The first-order valence-electron chi connectivity index (χ1n) is 10.7. The first kappa shape index (κ1) is 21.5. The van der Waals surface area contributed by atoms with E-state index in [0.29, 0.717) is 5.69 Å². The number of aryl methyl sites for hydroxylation is 3. The molecule has 1 N–H and O–H groups in total. The molecule has 0 radical (unpaired) electrons. The lowest BCUT2D eigenvalue weighted by Gasteiger charge is -2.22. The molecule has 2 aromatic carbocycles. The van der Waals surface area contributed by atoms with E-state index in [1.54, 1.807) is 4.90 Å². The number of amides is 2. The molecule has 2 heterocycles. The fourth-order valence-corrected chi connectivity index (χ4v) is 3.97. The van der Waals surface area contributed by atoms with Gasteiger partial charge in [0.1, 0.15) is 5.69 Å². The standard InChI is InChI=1S/C25H26N4O3/c1-16-8-9-20(14-17(16)2)26-23(30)12-13-28-24(31)11-10-21(27-28)25(32)29-18(3)15-19-6-4-5-7-22(19)29/h4-11,14,18H,12-13,15H2,1-3H3,(H,26,30). The topological polar surface area (TPSA) is 84.3 Å². The third-order valence-corrected chi connectivity index (χ3v) is 5.85. The van der Waals surface area contributed by atoms with Crippen molar-refractivity contribution >= 4 is 23.2 Å². The molecular weight excluding hydrogens is 404 g/mol. The Morgan fingerprint density at radius 3 is 2.62 bits per heavy atom. The average Bonchev–Trinajstić information content (AvgIpc) is 3.11. The maximum atomic E-state index is 13.2. The second-order valence-electron chi connectivity index (χ2n) is 8.23. The summed E-state index contributed by atoms with van der Waals surface area (Å²) in [5.74, 6) is -0.475. The van der Waals surface area contributed by atoms with Crippen LogP contribution in [0, 0.1) is 13.8 Å². The number of anilines is 2. The van der Waals surface area contributed by atoms with Gasteiger partial charge in [0.15, 0.2) is 0 Å². The van der Waals surface area contributed by atoms with E-state index in [0.717, 1.165) is 28.8 Å². The highest BCUT2D eigenvalue weighted by atomic mass is 16.2. The van der Waals surface area contributed by atoms with Crippen LogP contribution in [0.25, 0.3) is 0 Å². The van der Waals surface area contributed by atoms with Crippen molar-refractivity contribution in [2.24, 2.45) is 0 Å². The fourth-order valence-electron chi connectivity index (χ4n) is 3.97. The maximum absolute atomic E-state index is 13.2. The first-order valence-corrected chi connectivity index (χ1v) is 10.7. The van der Waals surface area contributed by atoms with Crippen LogP contribution in [0.2, 0.25) is 0 Å². The third kappa shape index (κ3) is 4.32. The summed E-state index contributed by atoms with van der Waals surface area (Å²) in [7, 11) is 0. The summed E-state index contributed by atoms with van der Waals surface area (Å²) in [6, 6.07) is 16.3. The Labute approximate surface area is 186 Å². The molecule has 0 saturated heterocycles. The van der Waals surface area contributed by atoms with Gasteiger partial charge in [0, 0.05) is 29.9 Å². The molecule has 4 rings (SSSR count). The highest BCUT2D eigenvalue weighted by Gasteiger charge is 2.32. The summed E-state index contributed by atoms with van der Waals surface area (Å²) >= 11 is 0. The normalized spacial score (nSPS) is 14.8. The van der Waals surface area contributed by atoms with Crippen LogP contribution in [0.4, 0.5) is 11.4 Å². The van der Waals surface area contributed by atoms with E-state index in [9.17, 15) is 14.4 Å². The predicted molar refractivity (Wildman–Crippen MR) is 124 cm³/mol. The molecule has 1 aliphatic rings. The first-order chi connectivity index (χ1) is 15.3. The van der Waals surface area contributed by atoms with Crippen LogP contribution >= 0.6 is 0 Å². The minimum atomic E-state index is -0.351. The lowest BCUT2D eigenvalue weighted by atomic mass is 10.1. The van der Waals surface area contributed by atoms with Crippen molar-refractivity contribution in [2.75, 3.05) is 10.2 Å². The molecule has 164 valence electrons. The molecule has 1 aromatic heterocycles. The highest BCUT2D eigenvalue weighted by Crippen LogP contribution is 2.32. The van der Waals surface area contributed by atoms with E-state index >= 15 is 0 Å². The number of nitrogens with zero attached hydrogens (tertiary/aromatic N) is 3. The summed E-state index contributed by atoms with van der Waals surface area (Å²) in [6.07, 6.45) is 0.848. The number of para-hydroxylation sites is 1. The lowest BCUT2D eigenvalue weighted by Crippen LogP contribution is -2.37. The number of carbonyl (C=O) groups is 2. The highest BCUT2D eigenvalue weighted by molar-refractivity contribution is 6.06. The van der Waals surface area contributed by atoms with Crippen LogP contribution < -0.4 is 15.8 Å². The summed E-state index contributed by atoms with van der Waals surface area (Å²) in [4.78, 5) is 39.6. The van der Waals surface area contributed by atoms with Crippen LogP contribution in [0.5, 0.6) is 0 Å². The number of carbonyl (C=O) groups excluding carboxylic acids is 2. The third-order valence-electron chi connectivity index (χ3n) is 5.85. The molecule has 3 aromatic rings. The largest absolute Gasteiger partial charge is 0.326 e. The maximum Gasteiger partial charge on any atom is 0.278 e. The molecular formula is C25H26N4O3. The molecule has 32 heavy (non-hydrogen) atoms. The van der Waals surface area contributed by atoms with Gasteiger partial charge >= 0.3 is 0 Å². The van der Waals surface area contributed by atoms with Gasteiger partial charge < -0.3 is 10.2 Å². The Bertz CT molecular complexity index is 1250. The van der Waals surface area contributed by atoms with E-state index in [-0.39, 0.29) is 42.1 Å². The van der Waals surface area contributed by atoms with Gasteiger partial charge in [0.05, 0.1) is 6.54 Å². The van der Waals surface area contributed by atoms with E-state index in [1.807, 2.05) is 63.2 Å². The second kappa shape index (κ2) is 8.78. The molecule has 1 unspecified atom stereocenters. The smallest absolute Gasteiger partial charge is 0.278 e. The molecule has 1 atom stereocenters. The van der Waals surface area contributed by atoms with Crippen LogP contribution in [0.15, 0.2) is 59.4 Å².